The lowest BCUT2D eigenvalue weighted by atomic mass is 9.48. The number of anilines is 1. The lowest BCUT2D eigenvalue weighted by molar-refractivity contribution is -0.00721. The van der Waals surface area contributed by atoms with Gasteiger partial charge in [0.05, 0.1) is 12.0 Å². The Morgan fingerprint density at radius 1 is 1.03 bits per heavy atom. The molecule has 1 unspecified atom stereocenters. The molecule has 1 aromatic heterocycles. The number of hydrogen-bond acceptors (Lipinski definition) is 3. The van der Waals surface area contributed by atoms with Gasteiger partial charge >= 0.3 is 0 Å². The summed E-state index contributed by atoms with van der Waals surface area (Å²) in [6.45, 7) is 1.92. The summed E-state index contributed by atoms with van der Waals surface area (Å²) in [6.07, 6.45) is 9.54. The standard InChI is InChI=1S/C31H29Cl2N3O/c1-18-8-25(26(17-34)22-2-4-24(32)5-3-22)27(33)13-28(18)36-30(37)23-6-7-35-29(12-23)31-14-19-9-20(15-31)11-21(10-19)16-31/h2-8,12-13,19-21,26H,9-11,14-16H2,1H3,(H,36,37). The van der Waals surface area contributed by atoms with Gasteiger partial charge in [-0.1, -0.05) is 41.4 Å². The maximum atomic E-state index is 13.3. The van der Waals surface area contributed by atoms with Crippen LogP contribution in [-0.4, -0.2) is 10.9 Å². The van der Waals surface area contributed by atoms with Gasteiger partial charge in [0.1, 0.15) is 0 Å². The summed E-state index contributed by atoms with van der Waals surface area (Å²) < 4.78 is 0. The van der Waals surface area contributed by atoms with Crippen molar-refractivity contribution in [1.29, 1.82) is 5.26 Å². The number of aromatic nitrogens is 1. The summed E-state index contributed by atoms with van der Waals surface area (Å²) in [6, 6.07) is 17.0. The number of amides is 1. The highest BCUT2D eigenvalue weighted by Gasteiger charge is 2.52. The molecule has 37 heavy (non-hydrogen) atoms. The number of nitrogens with one attached hydrogen (secondary N) is 1. The van der Waals surface area contributed by atoms with Gasteiger partial charge in [-0.2, -0.15) is 5.26 Å². The van der Waals surface area contributed by atoms with Gasteiger partial charge in [-0.3, -0.25) is 9.78 Å². The minimum Gasteiger partial charge on any atom is -0.322 e. The average Bonchev–Trinajstić information content (AvgIpc) is 2.87. The van der Waals surface area contributed by atoms with E-state index < -0.39 is 5.92 Å². The Balaban J connectivity index is 1.24. The predicted octanol–water partition coefficient (Wildman–Crippen LogP) is 8.07. The number of aryl methyl sites for hydroxylation is 1. The third-order valence-electron chi connectivity index (χ3n) is 8.84. The number of nitriles is 1. The molecule has 0 aliphatic heterocycles. The third-order valence-corrected chi connectivity index (χ3v) is 9.42. The normalized spacial score (nSPS) is 26.5. The average molecular weight is 530 g/mol. The number of carbonyl (C=O) groups is 1. The van der Waals surface area contributed by atoms with E-state index in [1.54, 1.807) is 30.5 Å². The van der Waals surface area contributed by atoms with E-state index in [-0.39, 0.29) is 11.3 Å². The number of rotatable bonds is 5. The van der Waals surface area contributed by atoms with Crippen LogP contribution in [0.25, 0.3) is 0 Å². The molecule has 6 heteroatoms. The molecule has 4 saturated carbocycles. The Morgan fingerprint density at radius 3 is 2.30 bits per heavy atom. The van der Waals surface area contributed by atoms with Crippen molar-refractivity contribution in [3.63, 3.8) is 0 Å². The Hall–Kier alpha value is -2.87. The molecule has 188 valence electrons. The van der Waals surface area contributed by atoms with Crippen molar-refractivity contribution in [3.8, 4) is 6.07 Å². The second kappa shape index (κ2) is 9.46. The molecule has 4 nitrogen and oxygen atoms in total. The number of hydrogen-bond donors (Lipinski definition) is 1. The predicted molar refractivity (Wildman–Crippen MR) is 147 cm³/mol. The number of halogens is 2. The molecule has 1 N–H and O–H groups in total. The molecule has 1 heterocycles. The van der Waals surface area contributed by atoms with Crippen LogP contribution in [0.2, 0.25) is 10.0 Å². The van der Waals surface area contributed by atoms with Crippen LogP contribution in [0.3, 0.4) is 0 Å². The minimum absolute atomic E-state index is 0.139. The van der Waals surface area contributed by atoms with Crippen molar-refractivity contribution in [2.75, 3.05) is 5.32 Å². The smallest absolute Gasteiger partial charge is 0.255 e. The Morgan fingerprint density at radius 2 is 1.68 bits per heavy atom. The van der Waals surface area contributed by atoms with Crippen molar-refractivity contribution in [3.05, 3.63) is 92.7 Å². The first-order valence-corrected chi connectivity index (χ1v) is 13.8. The van der Waals surface area contributed by atoms with E-state index in [1.807, 2.05) is 31.2 Å². The minimum atomic E-state index is -0.531. The van der Waals surface area contributed by atoms with E-state index >= 15 is 0 Å². The van der Waals surface area contributed by atoms with Crippen molar-refractivity contribution in [1.82, 2.24) is 4.98 Å². The van der Waals surface area contributed by atoms with Crippen LogP contribution in [0.1, 0.15) is 77.2 Å². The van der Waals surface area contributed by atoms with Gasteiger partial charge in [0.25, 0.3) is 5.91 Å². The van der Waals surface area contributed by atoms with Crippen LogP contribution in [0, 0.1) is 36.0 Å². The molecule has 4 bridgehead atoms. The van der Waals surface area contributed by atoms with Crippen molar-refractivity contribution in [2.45, 2.75) is 56.8 Å². The van der Waals surface area contributed by atoms with E-state index in [2.05, 4.69) is 11.4 Å². The summed E-state index contributed by atoms with van der Waals surface area (Å²) in [7, 11) is 0. The monoisotopic (exact) mass is 529 g/mol. The number of benzene rings is 2. The largest absolute Gasteiger partial charge is 0.322 e. The molecule has 1 atom stereocenters. The highest BCUT2D eigenvalue weighted by Crippen LogP contribution is 2.60. The van der Waals surface area contributed by atoms with Gasteiger partial charge < -0.3 is 5.32 Å². The molecule has 7 rings (SSSR count). The number of pyridine rings is 1. The highest BCUT2D eigenvalue weighted by molar-refractivity contribution is 6.32. The molecule has 0 saturated heterocycles. The maximum absolute atomic E-state index is 13.3. The quantitative estimate of drug-likeness (QED) is 0.363. The fourth-order valence-electron chi connectivity index (χ4n) is 7.52. The Labute approximate surface area is 228 Å². The first kappa shape index (κ1) is 24.5. The summed E-state index contributed by atoms with van der Waals surface area (Å²) >= 11 is 12.7. The summed E-state index contributed by atoms with van der Waals surface area (Å²) in [4.78, 5) is 18.1. The highest BCUT2D eigenvalue weighted by atomic mass is 35.5. The molecule has 1 amide bonds. The number of carbonyl (C=O) groups excluding carboxylic acids is 1. The lowest BCUT2D eigenvalue weighted by Gasteiger charge is -2.56. The van der Waals surface area contributed by atoms with Crippen molar-refractivity contribution < 1.29 is 4.79 Å². The maximum Gasteiger partial charge on any atom is 0.255 e. The van der Waals surface area contributed by atoms with E-state index in [4.69, 9.17) is 28.2 Å². The topological polar surface area (TPSA) is 65.8 Å². The molecular formula is C31H29Cl2N3O. The van der Waals surface area contributed by atoms with Gasteiger partial charge in [0.15, 0.2) is 0 Å². The summed E-state index contributed by atoms with van der Waals surface area (Å²) in [5.41, 5.74) is 4.85. The van der Waals surface area contributed by atoms with E-state index in [1.165, 1.54) is 38.5 Å². The van der Waals surface area contributed by atoms with E-state index in [9.17, 15) is 10.1 Å². The van der Waals surface area contributed by atoms with Gasteiger partial charge in [-0.25, -0.2) is 0 Å². The molecule has 0 radical (unpaired) electrons. The van der Waals surface area contributed by atoms with Crippen LogP contribution in [0.5, 0.6) is 0 Å². The summed E-state index contributed by atoms with van der Waals surface area (Å²) in [5.74, 6) is 1.75. The van der Waals surface area contributed by atoms with Gasteiger partial charge in [-0.15, -0.1) is 0 Å². The van der Waals surface area contributed by atoms with Crippen LogP contribution in [-0.2, 0) is 5.41 Å². The fourth-order valence-corrected chi connectivity index (χ4v) is 7.92. The lowest BCUT2D eigenvalue weighted by Crippen LogP contribution is -2.49. The Bertz CT molecular complexity index is 1370. The van der Waals surface area contributed by atoms with Crippen LogP contribution in [0.15, 0.2) is 54.7 Å². The van der Waals surface area contributed by atoms with Gasteiger partial charge in [-0.05, 0) is 110 Å². The van der Waals surface area contributed by atoms with Crippen LogP contribution in [0.4, 0.5) is 5.69 Å². The number of nitrogens with zero attached hydrogens (tertiary/aromatic N) is 2. The second-order valence-corrected chi connectivity index (χ2v) is 12.2. The molecular weight excluding hydrogens is 501 g/mol. The fraction of sp³-hybridized carbons (Fsp3) is 0.387. The molecule has 4 aliphatic carbocycles. The molecule has 4 aliphatic rings. The zero-order valence-corrected chi connectivity index (χ0v) is 22.3. The molecule has 2 aromatic carbocycles. The Kier molecular flexibility index (Phi) is 6.25. The second-order valence-electron chi connectivity index (χ2n) is 11.4. The van der Waals surface area contributed by atoms with E-state index in [0.717, 1.165) is 34.6 Å². The zero-order chi connectivity index (χ0) is 25.7. The van der Waals surface area contributed by atoms with Crippen LogP contribution < -0.4 is 5.32 Å². The zero-order valence-electron chi connectivity index (χ0n) is 20.8. The van der Waals surface area contributed by atoms with Gasteiger partial charge in [0, 0.05) is 38.6 Å². The van der Waals surface area contributed by atoms with Crippen molar-refractivity contribution >= 4 is 34.8 Å². The first-order chi connectivity index (χ1) is 17.8. The molecule has 3 aromatic rings. The van der Waals surface area contributed by atoms with Crippen LogP contribution >= 0.6 is 23.2 Å². The van der Waals surface area contributed by atoms with E-state index in [0.29, 0.717) is 26.9 Å². The summed E-state index contributed by atoms with van der Waals surface area (Å²) in [5, 5.41) is 14.0. The first-order valence-electron chi connectivity index (χ1n) is 13.1. The van der Waals surface area contributed by atoms with Crippen molar-refractivity contribution in [2.24, 2.45) is 17.8 Å². The SMILES string of the molecule is Cc1cc(C(C#N)c2ccc(Cl)cc2)c(Cl)cc1NC(=O)c1ccnc(C23CC4CC(CC(C4)C2)C3)c1. The molecule has 0 spiro atoms. The van der Waals surface area contributed by atoms with Gasteiger partial charge in [0.2, 0.25) is 0 Å². The molecule has 4 fully saturated rings. The third kappa shape index (κ3) is 4.54.